The summed E-state index contributed by atoms with van der Waals surface area (Å²) < 4.78 is 0. The Labute approximate surface area is 91.1 Å². The van der Waals surface area contributed by atoms with Crippen LogP contribution in [0.3, 0.4) is 0 Å². The SMILES string of the molecule is CCN(CC)C(=O)CCNC/C=C/Cl. The highest BCUT2D eigenvalue weighted by atomic mass is 35.5. The van der Waals surface area contributed by atoms with Crippen molar-refractivity contribution in [3.8, 4) is 0 Å². The van der Waals surface area contributed by atoms with Crippen molar-refractivity contribution < 1.29 is 4.79 Å². The second-order valence-electron chi connectivity index (χ2n) is 2.88. The minimum Gasteiger partial charge on any atom is -0.343 e. The maximum absolute atomic E-state index is 11.5. The molecule has 4 heteroatoms. The number of carbonyl (C=O) groups is 1. The van der Waals surface area contributed by atoms with Gasteiger partial charge >= 0.3 is 0 Å². The Kier molecular flexibility index (Phi) is 8.68. The third-order valence-electron chi connectivity index (χ3n) is 1.98. The Morgan fingerprint density at radius 2 is 2.07 bits per heavy atom. The molecule has 0 saturated carbocycles. The van der Waals surface area contributed by atoms with Crippen molar-refractivity contribution >= 4 is 17.5 Å². The number of amides is 1. The number of nitrogens with zero attached hydrogens (tertiary/aromatic N) is 1. The molecule has 0 aromatic rings. The highest BCUT2D eigenvalue weighted by Crippen LogP contribution is 1.92. The molecule has 0 aliphatic rings. The molecule has 82 valence electrons. The zero-order valence-corrected chi connectivity index (χ0v) is 9.68. The summed E-state index contributed by atoms with van der Waals surface area (Å²) >= 11 is 5.34. The first-order chi connectivity index (χ1) is 6.76. The average molecular weight is 219 g/mol. The van der Waals surface area contributed by atoms with Crippen LogP contribution in [-0.2, 0) is 4.79 Å². The van der Waals surface area contributed by atoms with Gasteiger partial charge in [-0.25, -0.2) is 0 Å². The molecule has 0 unspecified atom stereocenters. The van der Waals surface area contributed by atoms with E-state index >= 15 is 0 Å². The molecule has 0 rings (SSSR count). The van der Waals surface area contributed by atoms with Gasteiger partial charge in [0.1, 0.15) is 0 Å². The minimum absolute atomic E-state index is 0.206. The average Bonchev–Trinajstić information content (AvgIpc) is 2.19. The van der Waals surface area contributed by atoms with Crippen LogP contribution in [0, 0.1) is 0 Å². The van der Waals surface area contributed by atoms with Crippen molar-refractivity contribution in [3.05, 3.63) is 11.6 Å². The van der Waals surface area contributed by atoms with Gasteiger partial charge in [0, 0.05) is 38.1 Å². The molecule has 0 radical (unpaired) electrons. The van der Waals surface area contributed by atoms with Crippen molar-refractivity contribution in [2.75, 3.05) is 26.2 Å². The number of hydrogen-bond donors (Lipinski definition) is 1. The lowest BCUT2D eigenvalue weighted by molar-refractivity contribution is -0.130. The maximum atomic E-state index is 11.5. The summed E-state index contributed by atoms with van der Waals surface area (Å²) in [6, 6.07) is 0. The monoisotopic (exact) mass is 218 g/mol. The van der Waals surface area contributed by atoms with Crippen LogP contribution >= 0.6 is 11.6 Å². The Morgan fingerprint density at radius 3 is 2.57 bits per heavy atom. The molecule has 0 heterocycles. The lowest BCUT2D eigenvalue weighted by atomic mass is 10.3. The van der Waals surface area contributed by atoms with Crippen molar-refractivity contribution in [2.45, 2.75) is 20.3 Å². The van der Waals surface area contributed by atoms with Gasteiger partial charge in [-0.05, 0) is 13.8 Å². The molecular weight excluding hydrogens is 200 g/mol. The Balaban J connectivity index is 3.52. The van der Waals surface area contributed by atoms with Crippen LogP contribution in [-0.4, -0.2) is 37.0 Å². The Morgan fingerprint density at radius 1 is 1.43 bits per heavy atom. The zero-order valence-electron chi connectivity index (χ0n) is 8.92. The lowest BCUT2D eigenvalue weighted by Gasteiger charge is -2.18. The van der Waals surface area contributed by atoms with Crippen molar-refractivity contribution in [2.24, 2.45) is 0 Å². The van der Waals surface area contributed by atoms with E-state index < -0.39 is 0 Å². The van der Waals surface area contributed by atoms with Crippen LogP contribution < -0.4 is 5.32 Å². The van der Waals surface area contributed by atoms with Crippen molar-refractivity contribution in [1.29, 1.82) is 0 Å². The van der Waals surface area contributed by atoms with Crippen molar-refractivity contribution in [3.63, 3.8) is 0 Å². The quantitative estimate of drug-likeness (QED) is 0.659. The van der Waals surface area contributed by atoms with Gasteiger partial charge < -0.3 is 10.2 Å². The summed E-state index contributed by atoms with van der Waals surface area (Å²) in [5.41, 5.74) is 1.47. The first-order valence-corrected chi connectivity index (χ1v) is 5.43. The van der Waals surface area contributed by atoms with Crippen LogP contribution in [0.2, 0.25) is 0 Å². The van der Waals surface area contributed by atoms with Gasteiger partial charge in [0.25, 0.3) is 0 Å². The van der Waals surface area contributed by atoms with E-state index in [0.717, 1.165) is 19.6 Å². The predicted octanol–water partition coefficient (Wildman–Crippen LogP) is 1.59. The van der Waals surface area contributed by atoms with Gasteiger partial charge in [0.2, 0.25) is 5.91 Å². The minimum atomic E-state index is 0.206. The van der Waals surface area contributed by atoms with Crippen LogP contribution in [0.4, 0.5) is 0 Å². The van der Waals surface area contributed by atoms with Gasteiger partial charge in [-0.1, -0.05) is 17.7 Å². The second kappa shape index (κ2) is 9.03. The molecule has 0 aromatic carbocycles. The van der Waals surface area contributed by atoms with E-state index in [1.165, 1.54) is 5.54 Å². The van der Waals surface area contributed by atoms with Crippen molar-refractivity contribution in [1.82, 2.24) is 10.2 Å². The predicted molar refractivity (Wildman–Crippen MR) is 60.4 cm³/mol. The van der Waals surface area contributed by atoms with E-state index in [9.17, 15) is 4.79 Å². The van der Waals surface area contributed by atoms with E-state index in [-0.39, 0.29) is 5.91 Å². The first-order valence-electron chi connectivity index (χ1n) is 4.99. The first kappa shape index (κ1) is 13.5. The number of halogens is 1. The van der Waals surface area contributed by atoms with E-state index in [2.05, 4.69) is 5.32 Å². The molecule has 0 aromatic heterocycles. The fourth-order valence-corrected chi connectivity index (χ4v) is 1.25. The zero-order chi connectivity index (χ0) is 10.8. The normalized spacial score (nSPS) is 10.8. The van der Waals surface area contributed by atoms with Crippen LogP contribution in [0.15, 0.2) is 11.6 Å². The topological polar surface area (TPSA) is 32.3 Å². The summed E-state index contributed by atoms with van der Waals surface area (Å²) in [6.07, 6.45) is 2.36. The molecule has 1 amide bonds. The molecule has 3 nitrogen and oxygen atoms in total. The standard InChI is InChI=1S/C10H19ClN2O/c1-3-13(4-2)10(14)6-9-12-8-5-7-11/h5,7,12H,3-4,6,8-9H2,1-2H3/b7-5+. The lowest BCUT2D eigenvalue weighted by Crippen LogP contribution is -2.32. The van der Waals surface area contributed by atoms with Gasteiger partial charge in [0.15, 0.2) is 0 Å². The van der Waals surface area contributed by atoms with E-state index in [0.29, 0.717) is 13.0 Å². The van der Waals surface area contributed by atoms with Crippen LogP contribution in [0.1, 0.15) is 20.3 Å². The van der Waals surface area contributed by atoms with E-state index in [1.807, 2.05) is 24.8 Å². The van der Waals surface area contributed by atoms with E-state index in [1.54, 1.807) is 0 Å². The molecule has 1 N–H and O–H groups in total. The molecule has 0 atom stereocenters. The molecule has 0 spiro atoms. The molecule has 14 heavy (non-hydrogen) atoms. The highest BCUT2D eigenvalue weighted by Gasteiger charge is 2.07. The fourth-order valence-electron chi connectivity index (χ4n) is 1.16. The van der Waals surface area contributed by atoms with Gasteiger partial charge in [-0.3, -0.25) is 4.79 Å². The van der Waals surface area contributed by atoms with Gasteiger partial charge in [-0.2, -0.15) is 0 Å². The summed E-state index contributed by atoms with van der Waals surface area (Å²) in [5, 5.41) is 3.10. The van der Waals surface area contributed by atoms with E-state index in [4.69, 9.17) is 11.6 Å². The van der Waals surface area contributed by atoms with Crippen LogP contribution in [0.25, 0.3) is 0 Å². The third-order valence-corrected chi connectivity index (χ3v) is 2.16. The molecule has 0 bridgehead atoms. The Hall–Kier alpha value is -0.540. The molecule has 0 aliphatic heterocycles. The van der Waals surface area contributed by atoms with Gasteiger partial charge in [0.05, 0.1) is 0 Å². The summed E-state index contributed by atoms with van der Waals surface area (Å²) in [5.74, 6) is 0.206. The Bertz CT molecular complexity index is 179. The summed E-state index contributed by atoms with van der Waals surface area (Å²) in [7, 11) is 0. The largest absolute Gasteiger partial charge is 0.343 e. The van der Waals surface area contributed by atoms with Gasteiger partial charge in [-0.15, -0.1) is 0 Å². The molecule has 0 aliphatic carbocycles. The number of hydrogen-bond acceptors (Lipinski definition) is 2. The number of rotatable bonds is 7. The second-order valence-corrected chi connectivity index (χ2v) is 3.13. The highest BCUT2D eigenvalue weighted by molar-refractivity contribution is 6.25. The smallest absolute Gasteiger partial charge is 0.223 e. The molecule has 0 fully saturated rings. The maximum Gasteiger partial charge on any atom is 0.223 e. The third kappa shape index (κ3) is 6.00. The molecule has 0 saturated heterocycles. The summed E-state index contributed by atoms with van der Waals surface area (Å²) in [4.78, 5) is 13.3. The number of nitrogens with one attached hydrogen (secondary N) is 1. The summed E-state index contributed by atoms with van der Waals surface area (Å²) in [6.45, 7) is 6.98. The number of carbonyl (C=O) groups excluding carboxylic acids is 1. The van der Waals surface area contributed by atoms with Crippen LogP contribution in [0.5, 0.6) is 0 Å². The fraction of sp³-hybridized carbons (Fsp3) is 0.700. The molecular formula is C10H19ClN2O.